The van der Waals surface area contributed by atoms with E-state index >= 15 is 0 Å². The smallest absolute Gasteiger partial charge is 0.00696 e. The van der Waals surface area contributed by atoms with Gasteiger partial charge in [0.2, 0.25) is 0 Å². The van der Waals surface area contributed by atoms with Gasteiger partial charge in [0.15, 0.2) is 0 Å². The Morgan fingerprint density at radius 3 is 2.57 bits per heavy atom. The monoisotopic (exact) mass is 197 g/mol. The van der Waals surface area contributed by atoms with Crippen LogP contribution in [0.1, 0.15) is 59.3 Å². The quantitative estimate of drug-likeness (QED) is 0.732. The summed E-state index contributed by atoms with van der Waals surface area (Å²) in [7, 11) is 0. The van der Waals surface area contributed by atoms with Gasteiger partial charge in [0.1, 0.15) is 0 Å². The molecular formula is C13H27N. The average Bonchev–Trinajstić information content (AvgIpc) is 2.17. The lowest BCUT2D eigenvalue weighted by molar-refractivity contribution is 0.215. The summed E-state index contributed by atoms with van der Waals surface area (Å²) in [6.07, 6.45) is 8.19. The standard InChI is InChI=1S/C13H27N/c1-4-11-6-5-7-12(9-11)13(14)8-10(2)3/h10-13H,4-9,14H2,1-3H3. The van der Waals surface area contributed by atoms with E-state index in [4.69, 9.17) is 5.73 Å². The second-order valence-corrected chi connectivity index (χ2v) is 5.49. The Balaban J connectivity index is 2.35. The molecule has 84 valence electrons. The molecule has 0 aromatic rings. The maximum absolute atomic E-state index is 6.27. The highest BCUT2D eigenvalue weighted by Crippen LogP contribution is 2.33. The zero-order valence-electron chi connectivity index (χ0n) is 10.1. The fourth-order valence-corrected chi connectivity index (χ4v) is 2.83. The highest BCUT2D eigenvalue weighted by atomic mass is 14.7. The van der Waals surface area contributed by atoms with E-state index in [1.165, 1.54) is 38.5 Å². The van der Waals surface area contributed by atoms with Crippen LogP contribution in [0.2, 0.25) is 0 Å². The van der Waals surface area contributed by atoms with E-state index in [1.807, 2.05) is 0 Å². The van der Waals surface area contributed by atoms with Gasteiger partial charge in [-0.15, -0.1) is 0 Å². The second-order valence-electron chi connectivity index (χ2n) is 5.49. The van der Waals surface area contributed by atoms with Crippen molar-refractivity contribution in [2.75, 3.05) is 0 Å². The van der Waals surface area contributed by atoms with E-state index in [1.54, 1.807) is 0 Å². The molecule has 2 N–H and O–H groups in total. The first kappa shape index (κ1) is 12.0. The molecule has 1 heteroatoms. The average molecular weight is 197 g/mol. The molecule has 0 saturated heterocycles. The molecule has 0 aromatic carbocycles. The minimum Gasteiger partial charge on any atom is -0.327 e. The third-order valence-electron chi connectivity index (χ3n) is 3.75. The van der Waals surface area contributed by atoms with Crippen molar-refractivity contribution in [2.45, 2.75) is 65.3 Å². The molecular weight excluding hydrogens is 170 g/mol. The first-order chi connectivity index (χ1) is 6.63. The van der Waals surface area contributed by atoms with E-state index in [2.05, 4.69) is 20.8 Å². The summed E-state index contributed by atoms with van der Waals surface area (Å²) in [6, 6.07) is 0.462. The Morgan fingerprint density at radius 1 is 1.29 bits per heavy atom. The maximum atomic E-state index is 6.27. The summed E-state index contributed by atoms with van der Waals surface area (Å²) >= 11 is 0. The third-order valence-corrected chi connectivity index (χ3v) is 3.75. The Hall–Kier alpha value is -0.0400. The predicted octanol–water partition coefficient (Wildman–Crippen LogP) is 3.58. The van der Waals surface area contributed by atoms with Crippen molar-refractivity contribution in [2.24, 2.45) is 23.5 Å². The first-order valence-electron chi connectivity index (χ1n) is 6.39. The molecule has 1 saturated carbocycles. The van der Waals surface area contributed by atoms with Gasteiger partial charge in [-0.05, 0) is 37.0 Å². The van der Waals surface area contributed by atoms with E-state index in [9.17, 15) is 0 Å². The van der Waals surface area contributed by atoms with Gasteiger partial charge in [-0.25, -0.2) is 0 Å². The van der Waals surface area contributed by atoms with Crippen LogP contribution in [0.15, 0.2) is 0 Å². The molecule has 14 heavy (non-hydrogen) atoms. The van der Waals surface area contributed by atoms with Crippen molar-refractivity contribution in [1.29, 1.82) is 0 Å². The van der Waals surface area contributed by atoms with E-state index in [0.717, 1.165) is 17.8 Å². The SMILES string of the molecule is CCC1CCCC(C(N)CC(C)C)C1. The van der Waals surface area contributed by atoms with Crippen LogP contribution in [-0.2, 0) is 0 Å². The molecule has 1 rings (SSSR count). The number of nitrogens with two attached hydrogens (primary N) is 1. The summed E-state index contributed by atoms with van der Waals surface area (Å²) in [5.74, 6) is 2.54. The number of hydrogen-bond donors (Lipinski definition) is 1. The summed E-state index contributed by atoms with van der Waals surface area (Å²) in [5, 5.41) is 0. The summed E-state index contributed by atoms with van der Waals surface area (Å²) in [5.41, 5.74) is 6.27. The fourth-order valence-electron chi connectivity index (χ4n) is 2.83. The van der Waals surface area contributed by atoms with Gasteiger partial charge < -0.3 is 5.73 Å². The number of hydrogen-bond acceptors (Lipinski definition) is 1. The first-order valence-corrected chi connectivity index (χ1v) is 6.39. The lowest BCUT2D eigenvalue weighted by Gasteiger charge is -2.33. The third kappa shape index (κ3) is 3.61. The Kier molecular flexibility index (Phi) is 4.94. The molecule has 1 nitrogen and oxygen atoms in total. The van der Waals surface area contributed by atoms with Gasteiger partial charge in [-0.2, -0.15) is 0 Å². The van der Waals surface area contributed by atoms with Crippen LogP contribution < -0.4 is 5.73 Å². The van der Waals surface area contributed by atoms with Crippen molar-refractivity contribution in [1.82, 2.24) is 0 Å². The highest BCUT2D eigenvalue weighted by molar-refractivity contribution is 4.80. The highest BCUT2D eigenvalue weighted by Gasteiger charge is 2.25. The van der Waals surface area contributed by atoms with Crippen molar-refractivity contribution in [3.63, 3.8) is 0 Å². The van der Waals surface area contributed by atoms with Crippen molar-refractivity contribution in [3.05, 3.63) is 0 Å². The Labute approximate surface area is 89.5 Å². The fraction of sp³-hybridized carbons (Fsp3) is 1.00. The largest absolute Gasteiger partial charge is 0.327 e. The Morgan fingerprint density at radius 2 is 2.00 bits per heavy atom. The second kappa shape index (κ2) is 5.75. The van der Waals surface area contributed by atoms with Crippen molar-refractivity contribution < 1.29 is 0 Å². The van der Waals surface area contributed by atoms with Crippen molar-refractivity contribution >= 4 is 0 Å². The van der Waals surface area contributed by atoms with Gasteiger partial charge >= 0.3 is 0 Å². The van der Waals surface area contributed by atoms with Crippen molar-refractivity contribution in [3.8, 4) is 0 Å². The molecule has 1 aliphatic carbocycles. The molecule has 0 aromatic heterocycles. The molecule has 1 aliphatic rings. The van der Waals surface area contributed by atoms with E-state index in [0.29, 0.717) is 6.04 Å². The molecule has 3 unspecified atom stereocenters. The summed E-state index contributed by atoms with van der Waals surface area (Å²) in [6.45, 7) is 6.88. The van der Waals surface area contributed by atoms with Crippen LogP contribution in [0.5, 0.6) is 0 Å². The maximum Gasteiger partial charge on any atom is 0.00696 e. The zero-order chi connectivity index (χ0) is 10.6. The minimum atomic E-state index is 0.462. The van der Waals surface area contributed by atoms with Crippen LogP contribution in [0.25, 0.3) is 0 Å². The van der Waals surface area contributed by atoms with Crippen LogP contribution in [-0.4, -0.2) is 6.04 Å². The summed E-state index contributed by atoms with van der Waals surface area (Å²) in [4.78, 5) is 0. The van der Waals surface area contributed by atoms with Crippen LogP contribution in [0, 0.1) is 17.8 Å². The van der Waals surface area contributed by atoms with Crippen LogP contribution >= 0.6 is 0 Å². The van der Waals surface area contributed by atoms with E-state index < -0.39 is 0 Å². The number of rotatable bonds is 4. The predicted molar refractivity (Wildman–Crippen MR) is 63.2 cm³/mol. The van der Waals surface area contributed by atoms with Gasteiger partial charge in [0.25, 0.3) is 0 Å². The lowest BCUT2D eigenvalue weighted by atomic mass is 9.75. The summed E-state index contributed by atoms with van der Waals surface area (Å²) < 4.78 is 0. The minimum absolute atomic E-state index is 0.462. The molecule has 0 radical (unpaired) electrons. The topological polar surface area (TPSA) is 26.0 Å². The molecule has 0 spiro atoms. The zero-order valence-corrected chi connectivity index (χ0v) is 10.1. The normalized spacial score (nSPS) is 30.6. The van der Waals surface area contributed by atoms with Gasteiger partial charge in [-0.3, -0.25) is 0 Å². The molecule has 0 amide bonds. The molecule has 1 fully saturated rings. The van der Waals surface area contributed by atoms with Gasteiger partial charge in [0, 0.05) is 6.04 Å². The van der Waals surface area contributed by atoms with E-state index in [-0.39, 0.29) is 0 Å². The van der Waals surface area contributed by atoms with Gasteiger partial charge in [-0.1, -0.05) is 40.0 Å². The molecule has 0 aliphatic heterocycles. The molecule has 0 bridgehead atoms. The Bertz CT molecular complexity index is 153. The molecule has 3 atom stereocenters. The molecule has 0 heterocycles. The lowest BCUT2D eigenvalue weighted by Crippen LogP contribution is -2.34. The van der Waals surface area contributed by atoms with Crippen LogP contribution in [0.3, 0.4) is 0 Å². The van der Waals surface area contributed by atoms with Gasteiger partial charge in [0.05, 0.1) is 0 Å². The van der Waals surface area contributed by atoms with Crippen LogP contribution in [0.4, 0.5) is 0 Å².